The third kappa shape index (κ3) is 6.87. The minimum atomic E-state index is -4.35. The second-order valence-electron chi connectivity index (χ2n) is 9.52. The first-order chi connectivity index (χ1) is 20.2. The molecule has 0 saturated carbocycles. The molecule has 0 aliphatic carbocycles. The van der Waals surface area contributed by atoms with Crippen LogP contribution in [0.2, 0.25) is 0 Å². The van der Waals surface area contributed by atoms with Gasteiger partial charge in [0.2, 0.25) is 13.1 Å². The molecule has 0 spiro atoms. The Morgan fingerprint density at radius 3 is 2.44 bits per heavy atom. The fraction of sp³-hybridized carbons (Fsp3) is 0.346. The number of hydrogen-bond donors (Lipinski definition) is 1. The van der Waals surface area contributed by atoms with E-state index in [1.165, 1.54) is 60.0 Å². The van der Waals surface area contributed by atoms with E-state index >= 15 is 4.39 Å². The van der Waals surface area contributed by atoms with Gasteiger partial charge in [-0.2, -0.15) is 13.9 Å². The van der Waals surface area contributed by atoms with Crippen molar-refractivity contribution in [1.29, 1.82) is 0 Å². The maximum atomic E-state index is 15.0. The molecule has 17 heteroatoms. The molecule has 2 atom stereocenters. The number of nitrogens with zero attached hydrogens (tertiary/aromatic N) is 6. The lowest BCUT2D eigenvalue weighted by Crippen LogP contribution is -2.44. The topological polar surface area (TPSA) is 117 Å². The molecule has 4 rings (SSSR count). The van der Waals surface area contributed by atoms with Crippen molar-refractivity contribution in [3.8, 4) is 11.4 Å². The summed E-state index contributed by atoms with van der Waals surface area (Å²) < 4.78 is 93.9. The van der Waals surface area contributed by atoms with Gasteiger partial charge >= 0.3 is 24.0 Å². The number of aromatic nitrogens is 6. The number of alkyl halides is 4. The zero-order valence-electron chi connectivity index (χ0n) is 22.6. The van der Waals surface area contributed by atoms with Crippen LogP contribution in [-0.2, 0) is 28.4 Å². The highest BCUT2D eigenvalue weighted by atomic mass is 19.3. The van der Waals surface area contributed by atoms with Gasteiger partial charge < -0.3 is 14.6 Å². The van der Waals surface area contributed by atoms with E-state index in [2.05, 4.69) is 10.2 Å². The van der Waals surface area contributed by atoms with E-state index < -0.39 is 60.4 Å². The average Bonchev–Trinajstić information content (AvgIpc) is 3.56. The van der Waals surface area contributed by atoms with Crippen molar-refractivity contribution in [3.05, 3.63) is 89.1 Å². The summed E-state index contributed by atoms with van der Waals surface area (Å²) in [6.45, 7) is 0.366. The van der Waals surface area contributed by atoms with Crippen LogP contribution in [0.1, 0.15) is 25.5 Å². The van der Waals surface area contributed by atoms with Gasteiger partial charge in [-0.15, -0.1) is 4.68 Å². The monoisotopic (exact) mass is 615 g/mol. The van der Waals surface area contributed by atoms with Crippen LogP contribution >= 0.6 is 0 Å². The fourth-order valence-corrected chi connectivity index (χ4v) is 4.11. The predicted octanol–water partition coefficient (Wildman–Crippen LogP) is 2.75. The smallest absolute Gasteiger partial charge is 0.350 e. The molecule has 0 amide bonds. The number of carbonyl (C=O) groups excluding carboxylic acids is 1. The van der Waals surface area contributed by atoms with Crippen LogP contribution < -0.4 is 15.0 Å². The molecule has 0 fully saturated rings. The highest BCUT2D eigenvalue weighted by Gasteiger charge is 2.44. The number of rotatable bonds is 12. The minimum Gasteiger partial charge on any atom is -0.487 e. The van der Waals surface area contributed by atoms with Crippen molar-refractivity contribution in [2.45, 2.75) is 51.1 Å². The molecule has 230 valence electrons. The van der Waals surface area contributed by atoms with Gasteiger partial charge in [0.15, 0.2) is 6.61 Å². The SMILES string of the molecule is CC(=O)OC[n+]1cnn(CC(O)(c2ccc(F)cc2F)C(C)n2ncn(-c3ccc(OCC(F)(F)C(F)F)cc3)c2=O)c1. The summed E-state index contributed by atoms with van der Waals surface area (Å²) >= 11 is 0. The molecule has 2 unspecified atom stereocenters. The van der Waals surface area contributed by atoms with E-state index in [0.717, 1.165) is 27.7 Å². The van der Waals surface area contributed by atoms with Crippen molar-refractivity contribution in [3.63, 3.8) is 0 Å². The van der Waals surface area contributed by atoms with Crippen LogP contribution in [0, 0.1) is 11.6 Å². The third-order valence-corrected chi connectivity index (χ3v) is 6.46. The Bertz CT molecular complexity index is 1640. The summed E-state index contributed by atoms with van der Waals surface area (Å²) in [6, 6.07) is 6.15. The molecule has 0 aliphatic heterocycles. The molecule has 0 aliphatic rings. The summed E-state index contributed by atoms with van der Waals surface area (Å²) in [5.74, 6) is -7.07. The normalized spacial score (nSPS) is 14.0. The van der Waals surface area contributed by atoms with Gasteiger partial charge in [0.05, 0.1) is 11.7 Å². The molecule has 0 saturated heterocycles. The Kier molecular flexibility index (Phi) is 8.93. The van der Waals surface area contributed by atoms with Crippen LogP contribution in [0.5, 0.6) is 5.75 Å². The Morgan fingerprint density at radius 1 is 1.12 bits per heavy atom. The standard InChI is InChI=1S/C26H25F6N6O5/c1-16(38-24(40)37(13-34-38)19-4-6-20(7-5-19)42-11-26(31,32)23(29)30)25(41,21-8-3-18(27)9-22(21)28)10-36-14-35(12-33-36)15-43-17(2)39/h3-9,12-14,16,23,41H,10-11,15H2,1-2H3/q+1. The van der Waals surface area contributed by atoms with E-state index in [1.807, 2.05) is 0 Å². The summed E-state index contributed by atoms with van der Waals surface area (Å²) in [6.07, 6.45) is -0.195. The third-order valence-electron chi connectivity index (χ3n) is 6.46. The molecule has 0 bridgehead atoms. The average molecular weight is 616 g/mol. The molecule has 0 radical (unpaired) electrons. The minimum absolute atomic E-state index is 0.163. The zero-order chi connectivity index (χ0) is 31.5. The van der Waals surface area contributed by atoms with Crippen LogP contribution in [-0.4, -0.2) is 54.2 Å². The van der Waals surface area contributed by atoms with E-state index in [1.54, 1.807) is 0 Å². The van der Waals surface area contributed by atoms with Gasteiger partial charge in [0, 0.05) is 23.7 Å². The van der Waals surface area contributed by atoms with Gasteiger partial charge in [-0.3, -0.25) is 4.79 Å². The molecule has 11 nitrogen and oxygen atoms in total. The van der Waals surface area contributed by atoms with Crippen LogP contribution in [0.15, 0.2) is 66.2 Å². The van der Waals surface area contributed by atoms with E-state index in [9.17, 15) is 36.6 Å². The van der Waals surface area contributed by atoms with Gasteiger partial charge in [-0.25, -0.2) is 36.2 Å². The Hall–Kier alpha value is -4.67. The molecular weight excluding hydrogens is 590 g/mol. The quantitative estimate of drug-likeness (QED) is 0.148. The first-order valence-corrected chi connectivity index (χ1v) is 12.5. The molecular formula is C26H25F6N6O5+. The lowest BCUT2D eigenvalue weighted by molar-refractivity contribution is -0.728. The number of carbonyl (C=O) groups is 1. The lowest BCUT2D eigenvalue weighted by Gasteiger charge is -2.32. The first-order valence-electron chi connectivity index (χ1n) is 12.5. The number of aliphatic hydroxyl groups is 1. The second kappa shape index (κ2) is 12.3. The van der Waals surface area contributed by atoms with Crippen LogP contribution in [0.3, 0.4) is 0 Å². The van der Waals surface area contributed by atoms with Gasteiger partial charge in [0.25, 0.3) is 6.33 Å². The largest absolute Gasteiger partial charge is 0.487 e. The first kappa shape index (κ1) is 31.3. The van der Waals surface area contributed by atoms with E-state index in [4.69, 9.17) is 9.47 Å². The zero-order valence-corrected chi connectivity index (χ0v) is 22.6. The molecule has 43 heavy (non-hydrogen) atoms. The molecule has 2 heterocycles. The van der Waals surface area contributed by atoms with Crippen molar-refractivity contribution >= 4 is 5.97 Å². The number of hydrogen-bond acceptors (Lipinski definition) is 7. The van der Waals surface area contributed by atoms with Crippen molar-refractivity contribution in [2.24, 2.45) is 0 Å². The fourth-order valence-electron chi connectivity index (χ4n) is 4.11. The lowest BCUT2D eigenvalue weighted by atomic mass is 9.86. The summed E-state index contributed by atoms with van der Waals surface area (Å²) in [7, 11) is 0. The Morgan fingerprint density at radius 2 is 1.81 bits per heavy atom. The number of benzene rings is 2. The number of ether oxygens (including phenoxy) is 2. The molecule has 2 aromatic heterocycles. The molecule has 4 aromatic rings. The van der Waals surface area contributed by atoms with Crippen molar-refractivity contribution in [2.75, 3.05) is 6.61 Å². The van der Waals surface area contributed by atoms with E-state index in [0.29, 0.717) is 6.07 Å². The maximum Gasteiger partial charge on any atom is 0.350 e. The van der Waals surface area contributed by atoms with Gasteiger partial charge in [0.1, 0.15) is 35.9 Å². The summed E-state index contributed by atoms with van der Waals surface area (Å²) in [5.41, 5.74) is -3.25. The van der Waals surface area contributed by atoms with Crippen molar-refractivity contribution < 1.29 is 50.3 Å². The van der Waals surface area contributed by atoms with E-state index in [-0.39, 0.29) is 23.7 Å². The van der Waals surface area contributed by atoms with Crippen LogP contribution in [0.25, 0.3) is 5.69 Å². The maximum absolute atomic E-state index is 15.0. The molecule has 1 N–H and O–H groups in total. The van der Waals surface area contributed by atoms with Crippen molar-refractivity contribution in [1.82, 2.24) is 24.1 Å². The molecule has 2 aromatic carbocycles. The second-order valence-corrected chi connectivity index (χ2v) is 9.52. The number of esters is 1. The van der Waals surface area contributed by atoms with Crippen LogP contribution in [0.4, 0.5) is 26.3 Å². The summed E-state index contributed by atoms with van der Waals surface area (Å²) in [4.78, 5) is 24.5. The van der Waals surface area contributed by atoms with Gasteiger partial charge in [-0.05, 0) is 37.3 Å². The Balaban J connectivity index is 1.64. The predicted molar refractivity (Wildman–Crippen MR) is 133 cm³/mol. The highest BCUT2D eigenvalue weighted by Crippen LogP contribution is 2.36. The highest BCUT2D eigenvalue weighted by molar-refractivity contribution is 5.65. The number of halogens is 6. The Labute approximate surface area is 239 Å². The summed E-state index contributed by atoms with van der Waals surface area (Å²) in [5, 5.41) is 20.0. The van der Waals surface area contributed by atoms with Gasteiger partial charge in [-0.1, -0.05) is 6.07 Å².